The Labute approximate surface area is 107 Å². The Morgan fingerprint density at radius 1 is 1.44 bits per heavy atom. The number of carbonyl (C=O) groups excluding carboxylic acids is 1. The molecule has 2 bridgehead atoms. The minimum atomic E-state index is 0.0110. The molecule has 0 saturated carbocycles. The van der Waals surface area contributed by atoms with Crippen molar-refractivity contribution >= 4 is 5.91 Å². The average molecular weight is 248 g/mol. The minimum Gasteiger partial charge on any atom is -0.346 e. The molecule has 3 fully saturated rings. The van der Waals surface area contributed by atoms with Gasteiger partial charge in [-0.05, 0) is 44.8 Å². The second-order valence-corrected chi connectivity index (χ2v) is 5.51. The average Bonchev–Trinajstić information content (AvgIpc) is 2.70. The highest BCUT2D eigenvalue weighted by atomic mass is 16.2. The van der Waals surface area contributed by atoms with Gasteiger partial charge in [0.25, 0.3) is 5.91 Å². The van der Waals surface area contributed by atoms with E-state index in [0.717, 1.165) is 12.2 Å². The molecule has 1 aromatic heterocycles. The zero-order valence-electron chi connectivity index (χ0n) is 11.0. The minimum absolute atomic E-state index is 0.0110. The van der Waals surface area contributed by atoms with Crippen LogP contribution in [0.4, 0.5) is 0 Å². The number of nitrogens with zero attached hydrogens (tertiary/aromatic N) is 3. The van der Waals surface area contributed by atoms with Crippen LogP contribution in [0, 0.1) is 12.8 Å². The summed E-state index contributed by atoms with van der Waals surface area (Å²) in [6, 6.07) is 2.16. The molecule has 0 aliphatic carbocycles. The van der Waals surface area contributed by atoms with E-state index in [1.807, 2.05) is 20.0 Å². The molecule has 1 unspecified atom stereocenters. The third kappa shape index (κ3) is 2.03. The van der Waals surface area contributed by atoms with Crippen LogP contribution in [0.25, 0.3) is 0 Å². The van der Waals surface area contributed by atoms with Crippen LogP contribution in [0.3, 0.4) is 0 Å². The van der Waals surface area contributed by atoms with Gasteiger partial charge < -0.3 is 10.2 Å². The maximum absolute atomic E-state index is 12.2. The number of hydrogen-bond donors (Lipinski definition) is 1. The van der Waals surface area contributed by atoms with Crippen LogP contribution in [0.2, 0.25) is 0 Å². The van der Waals surface area contributed by atoms with Crippen LogP contribution in [0.1, 0.15) is 29.0 Å². The fourth-order valence-electron chi connectivity index (χ4n) is 3.19. The Morgan fingerprint density at radius 2 is 2.17 bits per heavy atom. The number of rotatable bonds is 2. The summed E-state index contributed by atoms with van der Waals surface area (Å²) in [4.78, 5) is 14.7. The molecule has 1 aromatic rings. The van der Waals surface area contributed by atoms with Crippen LogP contribution < -0.4 is 5.32 Å². The van der Waals surface area contributed by atoms with Crippen LogP contribution in [-0.4, -0.2) is 46.3 Å². The van der Waals surface area contributed by atoms with Crippen molar-refractivity contribution in [3.8, 4) is 0 Å². The highest BCUT2D eigenvalue weighted by Gasteiger charge is 2.35. The summed E-state index contributed by atoms with van der Waals surface area (Å²) in [6.07, 6.45) is 2.44. The van der Waals surface area contributed by atoms with Gasteiger partial charge in [-0.3, -0.25) is 9.48 Å². The lowest BCUT2D eigenvalue weighted by Crippen LogP contribution is -2.57. The van der Waals surface area contributed by atoms with E-state index in [9.17, 15) is 4.79 Å². The lowest BCUT2D eigenvalue weighted by atomic mass is 9.84. The third-order valence-corrected chi connectivity index (χ3v) is 4.21. The van der Waals surface area contributed by atoms with Crippen molar-refractivity contribution in [3.63, 3.8) is 0 Å². The first-order chi connectivity index (χ1) is 8.63. The highest BCUT2D eigenvalue weighted by Crippen LogP contribution is 2.27. The summed E-state index contributed by atoms with van der Waals surface area (Å²) in [6.45, 7) is 5.31. The molecule has 3 aliphatic rings. The molecule has 5 heteroatoms. The summed E-state index contributed by atoms with van der Waals surface area (Å²) in [5.74, 6) is 0.671. The molecule has 3 saturated heterocycles. The van der Waals surface area contributed by atoms with E-state index in [-0.39, 0.29) is 5.91 Å². The van der Waals surface area contributed by atoms with Gasteiger partial charge in [-0.15, -0.1) is 0 Å². The van der Waals surface area contributed by atoms with Gasteiger partial charge in [0.1, 0.15) is 5.69 Å². The number of piperidine rings is 3. The van der Waals surface area contributed by atoms with Crippen LogP contribution in [0.15, 0.2) is 6.07 Å². The molecule has 0 spiro atoms. The van der Waals surface area contributed by atoms with Crippen LogP contribution in [0.5, 0.6) is 0 Å². The first kappa shape index (κ1) is 11.7. The second kappa shape index (κ2) is 4.39. The fourth-order valence-corrected chi connectivity index (χ4v) is 3.19. The molecule has 4 rings (SSSR count). The summed E-state index contributed by atoms with van der Waals surface area (Å²) < 4.78 is 1.66. The number of carbonyl (C=O) groups is 1. The van der Waals surface area contributed by atoms with Gasteiger partial charge in [-0.1, -0.05) is 0 Å². The van der Waals surface area contributed by atoms with E-state index in [1.165, 1.54) is 25.9 Å². The summed E-state index contributed by atoms with van der Waals surface area (Å²) >= 11 is 0. The number of hydrogen-bond acceptors (Lipinski definition) is 3. The van der Waals surface area contributed by atoms with Crippen molar-refractivity contribution in [3.05, 3.63) is 17.5 Å². The van der Waals surface area contributed by atoms with Gasteiger partial charge in [0.15, 0.2) is 0 Å². The van der Waals surface area contributed by atoms with E-state index in [4.69, 9.17) is 0 Å². The largest absolute Gasteiger partial charge is 0.346 e. The molecule has 1 N–H and O–H groups in total. The van der Waals surface area contributed by atoms with Crippen LogP contribution in [-0.2, 0) is 7.05 Å². The zero-order chi connectivity index (χ0) is 12.7. The predicted molar refractivity (Wildman–Crippen MR) is 68.4 cm³/mol. The first-order valence-corrected chi connectivity index (χ1v) is 6.67. The van der Waals surface area contributed by atoms with Crippen molar-refractivity contribution in [2.45, 2.75) is 25.8 Å². The Bertz CT molecular complexity index is 460. The topological polar surface area (TPSA) is 50.2 Å². The maximum Gasteiger partial charge on any atom is 0.269 e. The number of amides is 1. The molecule has 0 aromatic carbocycles. The monoisotopic (exact) mass is 248 g/mol. The third-order valence-electron chi connectivity index (χ3n) is 4.21. The summed E-state index contributed by atoms with van der Waals surface area (Å²) in [5, 5.41) is 7.40. The number of aromatic nitrogens is 2. The molecule has 3 aliphatic heterocycles. The zero-order valence-corrected chi connectivity index (χ0v) is 11.0. The molecule has 0 radical (unpaired) electrons. The van der Waals surface area contributed by atoms with Crippen molar-refractivity contribution in [2.75, 3.05) is 19.6 Å². The number of fused-ring (bicyclic) bond motifs is 3. The van der Waals surface area contributed by atoms with Gasteiger partial charge in [-0.25, -0.2) is 0 Å². The Balaban J connectivity index is 1.69. The standard InChI is InChI=1S/C13H20N4O/c1-9-7-12(16(2)15-9)13(18)14-11-8-17-5-3-10(11)4-6-17/h7,10-11H,3-6,8H2,1-2H3,(H,14,18). The van der Waals surface area contributed by atoms with E-state index >= 15 is 0 Å². The first-order valence-electron chi connectivity index (χ1n) is 6.67. The lowest BCUT2D eigenvalue weighted by molar-refractivity contribution is 0.0615. The van der Waals surface area contributed by atoms with Gasteiger partial charge in [0.2, 0.25) is 0 Å². The Kier molecular flexibility index (Phi) is 2.86. The molecule has 98 valence electrons. The normalized spacial score (nSPS) is 30.4. The molecule has 18 heavy (non-hydrogen) atoms. The van der Waals surface area contributed by atoms with Crippen molar-refractivity contribution in [2.24, 2.45) is 13.0 Å². The van der Waals surface area contributed by atoms with Gasteiger partial charge in [0, 0.05) is 19.6 Å². The van der Waals surface area contributed by atoms with Crippen molar-refractivity contribution in [1.29, 1.82) is 0 Å². The van der Waals surface area contributed by atoms with Gasteiger partial charge in [0.05, 0.1) is 5.69 Å². The van der Waals surface area contributed by atoms with Crippen molar-refractivity contribution in [1.82, 2.24) is 20.0 Å². The van der Waals surface area contributed by atoms with Crippen LogP contribution >= 0.6 is 0 Å². The van der Waals surface area contributed by atoms with Crippen molar-refractivity contribution < 1.29 is 4.79 Å². The van der Waals surface area contributed by atoms with Gasteiger partial charge in [-0.2, -0.15) is 5.10 Å². The molecule has 1 amide bonds. The smallest absolute Gasteiger partial charge is 0.269 e. The molecular formula is C13H20N4O. The molecule has 1 atom stereocenters. The fraction of sp³-hybridized carbons (Fsp3) is 0.692. The SMILES string of the molecule is Cc1cc(C(=O)NC2CN3CCC2CC3)n(C)n1. The number of nitrogens with one attached hydrogen (secondary N) is 1. The second-order valence-electron chi connectivity index (χ2n) is 5.51. The summed E-state index contributed by atoms with van der Waals surface area (Å²) in [5.41, 5.74) is 1.54. The summed E-state index contributed by atoms with van der Waals surface area (Å²) in [7, 11) is 1.82. The maximum atomic E-state index is 12.2. The van der Waals surface area contributed by atoms with E-state index in [0.29, 0.717) is 17.7 Å². The van der Waals surface area contributed by atoms with E-state index in [1.54, 1.807) is 4.68 Å². The molecule has 4 heterocycles. The lowest BCUT2D eigenvalue weighted by Gasteiger charge is -2.44. The molecular weight excluding hydrogens is 228 g/mol. The van der Waals surface area contributed by atoms with E-state index in [2.05, 4.69) is 15.3 Å². The Morgan fingerprint density at radius 3 is 2.67 bits per heavy atom. The van der Waals surface area contributed by atoms with Gasteiger partial charge >= 0.3 is 0 Å². The highest BCUT2D eigenvalue weighted by molar-refractivity contribution is 5.92. The predicted octanol–water partition coefficient (Wildman–Crippen LogP) is 0.553. The number of aryl methyl sites for hydroxylation is 2. The molecule has 5 nitrogen and oxygen atoms in total. The Hall–Kier alpha value is -1.36. The van der Waals surface area contributed by atoms with E-state index < -0.39 is 0 Å². The quantitative estimate of drug-likeness (QED) is 0.831.